The summed E-state index contributed by atoms with van der Waals surface area (Å²) in [5, 5.41) is 0. The first-order valence-electron chi connectivity index (χ1n) is 14.3. The molecular formula is C36H37BO2. The molecule has 0 aromatic heterocycles. The summed E-state index contributed by atoms with van der Waals surface area (Å²) >= 11 is 0. The minimum atomic E-state index is 0.0859. The molecule has 2 aliphatic heterocycles. The smallest absolute Gasteiger partial charge is 0.260 e. The lowest BCUT2D eigenvalue weighted by atomic mass is 9.34. The zero-order valence-corrected chi connectivity index (χ0v) is 24.5. The second-order valence-electron chi connectivity index (χ2n) is 13.5. The predicted octanol–water partition coefficient (Wildman–Crippen LogP) is 7.66. The van der Waals surface area contributed by atoms with Crippen molar-refractivity contribution < 1.29 is 9.47 Å². The SMILES string of the molecule is Cc1cc(C)c(-c2cc3c4c(c2)Oc2cc5c(cc2B4c2cc(C)ccc2O3)C(C)(C)CCC5(C)C)c(C)c1. The summed E-state index contributed by atoms with van der Waals surface area (Å²) in [5.41, 5.74) is 14.3. The fourth-order valence-electron chi connectivity index (χ4n) is 7.46. The summed E-state index contributed by atoms with van der Waals surface area (Å²) in [7, 11) is 0. The van der Waals surface area contributed by atoms with Gasteiger partial charge in [0.2, 0.25) is 0 Å². The van der Waals surface area contributed by atoms with Crippen LogP contribution in [-0.2, 0) is 10.8 Å². The lowest BCUT2D eigenvalue weighted by Crippen LogP contribution is -2.58. The van der Waals surface area contributed by atoms with Crippen molar-refractivity contribution >= 4 is 23.1 Å². The van der Waals surface area contributed by atoms with Crippen LogP contribution in [-0.4, -0.2) is 6.71 Å². The third-order valence-corrected chi connectivity index (χ3v) is 9.57. The van der Waals surface area contributed by atoms with Gasteiger partial charge in [0.05, 0.1) is 0 Å². The molecule has 0 fully saturated rings. The van der Waals surface area contributed by atoms with Crippen LogP contribution in [0.2, 0.25) is 0 Å². The van der Waals surface area contributed by atoms with Crippen LogP contribution in [0, 0.1) is 27.7 Å². The van der Waals surface area contributed by atoms with Crippen molar-refractivity contribution in [3.05, 3.63) is 88.0 Å². The molecule has 7 rings (SSSR count). The molecule has 2 nitrogen and oxygen atoms in total. The van der Waals surface area contributed by atoms with Crippen molar-refractivity contribution in [1.29, 1.82) is 0 Å². The highest BCUT2D eigenvalue weighted by Crippen LogP contribution is 2.48. The number of fused-ring (bicyclic) bond motifs is 5. The van der Waals surface area contributed by atoms with Gasteiger partial charge in [-0.3, -0.25) is 0 Å². The van der Waals surface area contributed by atoms with Crippen LogP contribution in [0.25, 0.3) is 11.1 Å². The Morgan fingerprint density at radius 1 is 0.590 bits per heavy atom. The van der Waals surface area contributed by atoms with Gasteiger partial charge in [0.25, 0.3) is 6.71 Å². The van der Waals surface area contributed by atoms with E-state index < -0.39 is 0 Å². The average Bonchev–Trinajstić information content (AvgIpc) is 2.85. The number of hydrogen-bond donors (Lipinski definition) is 0. The first-order chi connectivity index (χ1) is 18.4. The summed E-state index contributed by atoms with van der Waals surface area (Å²) in [6.07, 6.45) is 2.37. The van der Waals surface area contributed by atoms with Gasteiger partial charge in [-0.15, -0.1) is 0 Å². The number of benzene rings is 4. The Labute approximate surface area is 233 Å². The molecule has 0 radical (unpaired) electrons. The van der Waals surface area contributed by atoms with E-state index in [-0.39, 0.29) is 17.5 Å². The first kappa shape index (κ1) is 24.6. The van der Waals surface area contributed by atoms with E-state index in [0.717, 1.165) is 34.0 Å². The maximum atomic E-state index is 6.88. The summed E-state index contributed by atoms with van der Waals surface area (Å²) in [6.45, 7) is 18.4. The average molecular weight is 513 g/mol. The molecule has 0 amide bonds. The molecule has 0 spiro atoms. The maximum absolute atomic E-state index is 6.88. The van der Waals surface area contributed by atoms with E-state index in [1.54, 1.807) is 0 Å². The molecule has 0 saturated carbocycles. The maximum Gasteiger partial charge on any atom is 0.260 e. The minimum absolute atomic E-state index is 0.0859. The first-order valence-corrected chi connectivity index (χ1v) is 14.3. The molecule has 4 aromatic rings. The standard InChI is InChI=1S/C36H37BO2/c1-20-9-10-29-27(15-20)37-28-18-25-26(36(7,8)12-11-35(25,5)6)19-30(28)39-32-17-24(16-31(38-29)34(32)37)33-22(3)13-21(2)14-23(33)4/h9-10,13-19H,11-12H2,1-8H3. The van der Waals surface area contributed by atoms with Gasteiger partial charge < -0.3 is 9.47 Å². The molecule has 3 heteroatoms. The molecule has 0 unspecified atom stereocenters. The van der Waals surface area contributed by atoms with Crippen LogP contribution in [0.4, 0.5) is 0 Å². The third-order valence-electron chi connectivity index (χ3n) is 9.57. The van der Waals surface area contributed by atoms with Crippen LogP contribution in [0.5, 0.6) is 23.0 Å². The van der Waals surface area contributed by atoms with Crippen molar-refractivity contribution in [3.63, 3.8) is 0 Å². The molecular weight excluding hydrogens is 475 g/mol. The van der Waals surface area contributed by atoms with E-state index in [9.17, 15) is 0 Å². The molecule has 0 saturated heterocycles. The van der Waals surface area contributed by atoms with Crippen LogP contribution >= 0.6 is 0 Å². The molecule has 3 aliphatic rings. The second-order valence-corrected chi connectivity index (χ2v) is 13.5. The van der Waals surface area contributed by atoms with Crippen molar-refractivity contribution in [2.75, 3.05) is 0 Å². The van der Waals surface area contributed by atoms with Gasteiger partial charge >= 0.3 is 0 Å². The Hall–Kier alpha value is -3.46. The molecule has 196 valence electrons. The molecule has 0 atom stereocenters. The molecule has 0 N–H and O–H groups in total. The number of ether oxygens (including phenoxy) is 2. The fraction of sp³-hybridized carbons (Fsp3) is 0.333. The Balaban J connectivity index is 1.51. The van der Waals surface area contributed by atoms with Crippen LogP contribution in [0.1, 0.15) is 73.9 Å². The summed E-state index contributed by atoms with van der Waals surface area (Å²) in [6, 6.07) is 20.5. The number of rotatable bonds is 1. The lowest BCUT2D eigenvalue weighted by molar-refractivity contribution is 0.330. The Kier molecular flexibility index (Phi) is 5.06. The highest BCUT2D eigenvalue weighted by Gasteiger charge is 2.44. The summed E-state index contributed by atoms with van der Waals surface area (Å²) < 4.78 is 13.5. The zero-order chi connectivity index (χ0) is 27.4. The topological polar surface area (TPSA) is 18.5 Å². The second kappa shape index (κ2) is 8.04. The normalized spacial score (nSPS) is 17.3. The van der Waals surface area contributed by atoms with Crippen LogP contribution in [0.15, 0.2) is 54.6 Å². The van der Waals surface area contributed by atoms with Gasteiger partial charge in [0.15, 0.2) is 0 Å². The van der Waals surface area contributed by atoms with Crippen molar-refractivity contribution in [2.24, 2.45) is 0 Å². The van der Waals surface area contributed by atoms with E-state index in [2.05, 4.69) is 110 Å². The summed E-state index contributed by atoms with van der Waals surface area (Å²) in [5.74, 6) is 3.76. The van der Waals surface area contributed by atoms with Gasteiger partial charge in [-0.05, 0) is 120 Å². The molecule has 39 heavy (non-hydrogen) atoms. The monoisotopic (exact) mass is 512 g/mol. The van der Waals surface area contributed by atoms with E-state index in [1.165, 1.54) is 62.7 Å². The van der Waals surface area contributed by atoms with Gasteiger partial charge in [0, 0.05) is 5.46 Å². The number of hydrogen-bond acceptors (Lipinski definition) is 2. The van der Waals surface area contributed by atoms with Crippen LogP contribution in [0.3, 0.4) is 0 Å². The van der Waals surface area contributed by atoms with Gasteiger partial charge in [0.1, 0.15) is 23.0 Å². The highest BCUT2D eigenvalue weighted by atomic mass is 16.5. The Morgan fingerprint density at radius 2 is 1.15 bits per heavy atom. The molecule has 0 bridgehead atoms. The van der Waals surface area contributed by atoms with E-state index in [0.29, 0.717) is 0 Å². The quantitative estimate of drug-likeness (QED) is 0.211. The van der Waals surface area contributed by atoms with Crippen LogP contribution < -0.4 is 25.9 Å². The Bertz CT molecular complexity index is 1690. The summed E-state index contributed by atoms with van der Waals surface area (Å²) in [4.78, 5) is 0. The third kappa shape index (κ3) is 3.62. The van der Waals surface area contributed by atoms with Crippen molar-refractivity contribution in [1.82, 2.24) is 0 Å². The predicted molar refractivity (Wildman–Crippen MR) is 164 cm³/mol. The zero-order valence-electron chi connectivity index (χ0n) is 24.5. The van der Waals surface area contributed by atoms with E-state index in [1.807, 2.05) is 0 Å². The minimum Gasteiger partial charge on any atom is -0.458 e. The molecule has 4 aromatic carbocycles. The molecule has 1 aliphatic carbocycles. The lowest BCUT2D eigenvalue weighted by Gasteiger charge is -2.43. The van der Waals surface area contributed by atoms with Crippen molar-refractivity contribution in [2.45, 2.75) is 79.1 Å². The van der Waals surface area contributed by atoms with E-state index in [4.69, 9.17) is 9.47 Å². The fourth-order valence-corrected chi connectivity index (χ4v) is 7.46. The van der Waals surface area contributed by atoms with Gasteiger partial charge in [-0.25, -0.2) is 0 Å². The molecule has 2 heterocycles. The Morgan fingerprint density at radius 3 is 1.79 bits per heavy atom. The van der Waals surface area contributed by atoms with Gasteiger partial charge in [-0.2, -0.15) is 0 Å². The van der Waals surface area contributed by atoms with Crippen molar-refractivity contribution in [3.8, 4) is 34.1 Å². The van der Waals surface area contributed by atoms with E-state index >= 15 is 0 Å². The highest BCUT2D eigenvalue weighted by molar-refractivity contribution is 6.98. The largest absolute Gasteiger partial charge is 0.458 e. The number of aryl methyl sites for hydroxylation is 4. The van der Waals surface area contributed by atoms with Gasteiger partial charge in [-0.1, -0.05) is 69.2 Å².